The first kappa shape index (κ1) is 18.3. The predicted octanol–water partition coefficient (Wildman–Crippen LogP) is 5.18. The zero-order chi connectivity index (χ0) is 17.7. The molecule has 0 unspecified atom stereocenters. The van der Waals surface area contributed by atoms with Gasteiger partial charge in [-0.1, -0.05) is 28.9 Å². The summed E-state index contributed by atoms with van der Waals surface area (Å²) in [6.45, 7) is 3.92. The van der Waals surface area contributed by atoms with Crippen molar-refractivity contribution in [3.05, 3.63) is 57.3 Å². The molecule has 0 saturated heterocycles. The van der Waals surface area contributed by atoms with Crippen molar-refractivity contribution in [1.29, 1.82) is 0 Å². The highest BCUT2D eigenvalue weighted by atomic mass is 79.9. The quantitative estimate of drug-likeness (QED) is 0.515. The minimum atomic E-state index is -0.830. The van der Waals surface area contributed by atoms with Crippen LogP contribution in [0.2, 0.25) is 0 Å². The first-order chi connectivity index (χ1) is 11.5. The zero-order valence-corrected chi connectivity index (χ0v) is 15.3. The summed E-state index contributed by atoms with van der Waals surface area (Å²) in [4.78, 5) is 11.3. The van der Waals surface area contributed by atoms with Crippen LogP contribution < -0.4 is 9.47 Å². The van der Waals surface area contributed by atoms with E-state index < -0.39 is 12.0 Å². The predicted molar refractivity (Wildman–Crippen MR) is 92.0 cm³/mol. The number of carbonyl (C=O) groups is 1. The average Bonchev–Trinajstić information content (AvgIpc) is 2.56. The standard InChI is InChI=1S/C18H18BrFO4/c1-4-12-9-15(20)17(8-11(12)2)23-10-13-14(19)6-5-7-16(13)24-18(21)22-3/h5-9H,4,10H2,1-3H3. The summed E-state index contributed by atoms with van der Waals surface area (Å²) in [5, 5.41) is 0. The molecule has 0 spiro atoms. The number of rotatable bonds is 5. The minimum Gasteiger partial charge on any atom is -0.486 e. The molecule has 0 aliphatic heterocycles. The molecule has 0 aromatic heterocycles. The van der Waals surface area contributed by atoms with Crippen LogP contribution in [0.15, 0.2) is 34.8 Å². The van der Waals surface area contributed by atoms with Crippen LogP contribution in [0.3, 0.4) is 0 Å². The lowest BCUT2D eigenvalue weighted by atomic mass is 10.1. The highest BCUT2D eigenvalue weighted by Crippen LogP contribution is 2.30. The molecule has 4 nitrogen and oxygen atoms in total. The fraction of sp³-hybridized carbons (Fsp3) is 0.278. The van der Waals surface area contributed by atoms with Crippen LogP contribution in [-0.2, 0) is 17.8 Å². The molecule has 0 radical (unpaired) electrons. The highest BCUT2D eigenvalue weighted by molar-refractivity contribution is 9.10. The van der Waals surface area contributed by atoms with Crippen LogP contribution in [0.25, 0.3) is 0 Å². The highest BCUT2D eigenvalue weighted by Gasteiger charge is 2.14. The molecule has 0 fully saturated rings. The van der Waals surface area contributed by atoms with Gasteiger partial charge in [-0.2, -0.15) is 0 Å². The maximum atomic E-state index is 14.1. The van der Waals surface area contributed by atoms with E-state index in [0.29, 0.717) is 15.8 Å². The maximum Gasteiger partial charge on any atom is 0.513 e. The minimum absolute atomic E-state index is 0.0373. The van der Waals surface area contributed by atoms with E-state index in [4.69, 9.17) is 9.47 Å². The van der Waals surface area contributed by atoms with E-state index in [0.717, 1.165) is 17.5 Å². The monoisotopic (exact) mass is 396 g/mol. The summed E-state index contributed by atoms with van der Waals surface area (Å²) < 4.78 is 30.0. The van der Waals surface area contributed by atoms with E-state index in [-0.39, 0.29) is 12.4 Å². The van der Waals surface area contributed by atoms with Gasteiger partial charge in [-0.25, -0.2) is 9.18 Å². The molecule has 0 saturated carbocycles. The van der Waals surface area contributed by atoms with Gasteiger partial charge in [0.05, 0.1) is 7.11 Å². The second-order valence-electron chi connectivity index (χ2n) is 5.12. The number of halogens is 2. The summed E-state index contributed by atoms with van der Waals surface area (Å²) in [6.07, 6.45) is -0.0756. The van der Waals surface area contributed by atoms with Gasteiger partial charge in [0.25, 0.3) is 0 Å². The molecule has 0 N–H and O–H groups in total. The SMILES string of the molecule is CCc1cc(F)c(OCc2c(Br)cccc2OC(=O)OC)cc1C. The van der Waals surface area contributed by atoms with E-state index in [9.17, 15) is 9.18 Å². The number of carbonyl (C=O) groups excluding carboxylic acids is 1. The molecule has 0 heterocycles. The fourth-order valence-electron chi connectivity index (χ4n) is 2.24. The molecule has 0 amide bonds. The fourth-order valence-corrected chi connectivity index (χ4v) is 2.71. The lowest BCUT2D eigenvalue weighted by Gasteiger charge is -2.14. The third kappa shape index (κ3) is 4.26. The van der Waals surface area contributed by atoms with Crippen molar-refractivity contribution in [2.45, 2.75) is 26.9 Å². The molecule has 0 atom stereocenters. The van der Waals surface area contributed by atoms with Crippen LogP contribution in [0.1, 0.15) is 23.6 Å². The van der Waals surface area contributed by atoms with Crippen LogP contribution in [0.5, 0.6) is 11.5 Å². The molecule has 0 aliphatic carbocycles. The van der Waals surface area contributed by atoms with Crippen molar-refractivity contribution in [1.82, 2.24) is 0 Å². The maximum absolute atomic E-state index is 14.1. The van der Waals surface area contributed by atoms with E-state index in [2.05, 4.69) is 20.7 Å². The Labute approximate surface area is 148 Å². The molecule has 128 valence electrons. The van der Waals surface area contributed by atoms with Crippen LogP contribution >= 0.6 is 15.9 Å². The zero-order valence-electron chi connectivity index (χ0n) is 13.7. The third-order valence-electron chi connectivity index (χ3n) is 3.58. The van der Waals surface area contributed by atoms with Gasteiger partial charge in [0, 0.05) is 10.0 Å². The van der Waals surface area contributed by atoms with Crippen molar-refractivity contribution in [3.63, 3.8) is 0 Å². The van der Waals surface area contributed by atoms with Gasteiger partial charge in [0.15, 0.2) is 11.6 Å². The van der Waals surface area contributed by atoms with E-state index in [1.165, 1.54) is 13.2 Å². The Kier molecular flexibility index (Phi) is 6.20. The van der Waals surface area contributed by atoms with Gasteiger partial charge in [0.2, 0.25) is 0 Å². The number of methoxy groups -OCH3 is 1. The van der Waals surface area contributed by atoms with Crippen LogP contribution in [-0.4, -0.2) is 13.3 Å². The van der Waals surface area contributed by atoms with Crippen molar-refractivity contribution < 1.29 is 23.4 Å². The second-order valence-corrected chi connectivity index (χ2v) is 5.98. The summed E-state index contributed by atoms with van der Waals surface area (Å²) in [5.74, 6) is 0.0305. The second kappa shape index (κ2) is 8.15. The van der Waals surface area contributed by atoms with E-state index >= 15 is 0 Å². The smallest absolute Gasteiger partial charge is 0.486 e. The summed E-state index contributed by atoms with van der Waals surface area (Å²) in [7, 11) is 1.23. The molecule has 2 aromatic rings. The van der Waals surface area contributed by atoms with Crippen molar-refractivity contribution in [2.24, 2.45) is 0 Å². The van der Waals surface area contributed by atoms with Gasteiger partial charge in [-0.05, 0) is 48.7 Å². The lowest BCUT2D eigenvalue weighted by Crippen LogP contribution is -2.10. The first-order valence-corrected chi connectivity index (χ1v) is 8.20. The molecule has 24 heavy (non-hydrogen) atoms. The Bertz CT molecular complexity index is 746. The molecular formula is C18H18BrFO4. The number of hydrogen-bond acceptors (Lipinski definition) is 4. The average molecular weight is 397 g/mol. The van der Waals surface area contributed by atoms with Gasteiger partial charge in [0.1, 0.15) is 12.4 Å². The number of hydrogen-bond donors (Lipinski definition) is 0. The Hall–Kier alpha value is -2.08. The van der Waals surface area contributed by atoms with E-state index in [1.807, 2.05) is 13.8 Å². The molecule has 2 rings (SSSR count). The topological polar surface area (TPSA) is 44.8 Å². The van der Waals surface area contributed by atoms with Crippen molar-refractivity contribution in [3.8, 4) is 11.5 Å². The van der Waals surface area contributed by atoms with Gasteiger partial charge in [-0.3, -0.25) is 0 Å². The Morgan fingerprint density at radius 1 is 1.25 bits per heavy atom. The molecule has 2 aromatic carbocycles. The normalized spacial score (nSPS) is 10.4. The Morgan fingerprint density at radius 3 is 2.67 bits per heavy atom. The van der Waals surface area contributed by atoms with Crippen LogP contribution in [0.4, 0.5) is 9.18 Å². The summed E-state index contributed by atoms with van der Waals surface area (Å²) >= 11 is 3.38. The third-order valence-corrected chi connectivity index (χ3v) is 4.32. The Balaban J connectivity index is 2.23. The summed E-state index contributed by atoms with van der Waals surface area (Å²) in [6, 6.07) is 8.27. The lowest BCUT2D eigenvalue weighted by molar-refractivity contribution is 0.120. The first-order valence-electron chi connectivity index (χ1n) is 7.41. The molecule has 6 heteroatoms. The van der Waals surface area contributed by atoms with Gasteiger partial charge in [-0.15, -0.1) is 0 Å². The van der Waals surface area contributed by atoms with Crippen molar-refractivity contribution in [2.75, 3.05) is 7.11 Å². The van der Waals surface area contributed by atoms with Gasteiger partial charge >= 0.3 is 6.16 Å². The number of benzene rings is 2. The van der Waals surface area contributed by atoms with Gasteiger partial charge < -0.3 is 14.2 Å². The molecule has 0 bridgehead atoms. The van der Waals surface area contributed by atoms with Crippen LogP contribution in [0, 0.1) is 12.7 Å². The molecule has 0 aliphatic rings. The largest absolute Gasteiger partial charge is 0.513 e. The number of ether oxygens (including phenoxy) is 3. The number of aryl methyl sites for hydroxylation is 2. The Morgan fingerprint density at radius 2 is 2.00 bits per heavy atom. The molecular weight excluding hydrogens is 379 g/mol. The van der Waals surface area contributed by atoms with Crippen molar-refractivity contribution >= 4 is 22.1 Å². The van der Waals surface area contributed by atoms with E-state index in [1.54, 1.807) is 24.3 Å². The summed E-state index contributed by atoms with van der Waals surface area (Å²) in [5.41, 5.74) is 2.49.